The second-order valence-corrected chi connectivity index (χ2v) is 8.22. The van der Waals surface area contributed by atoms with E-state index in [0.717, 1.165) is 25.7 Å². The van der Waals surface area contributed by atoms with Crippen molar-refractivity contribution < 1.29 is 24.2 Å². The van der Waals surface area contributed by atoms with Crippen molar-refractivity contribution in [2.24, 2.45) is 5.92 Å². The zero-order valence-corrected chi connectivity index (χ0v) is 16.5. The number of nitrogens with zero attached hydrogens (tertiary/aromatic N) is 3. The van der Waals surface area contributed by atoms with Crippen LogP contribution in [-0.4, -0.2) is 88.7 Å². The highest BCUT2D eigenvalue weighted by Gasteiger charge is 2.47. The summed E-state index contributed by atoms with van der Waals surface area (Å²) < 4.78 is 4.80. The second kappa shape index (κ2) is 8.04. The predicted octanol–water partition coefficient (Wildman–Crippen LogP) is 0.826. The number of urea groups is 1. The third kappa shape index (κ3) is 3.77. The largest absolute Gasteiger partial charge is 0.467 e. The van der Waals surface area contributed by atoms with E-state index in [9.17, 15) is 19.5 Å². The third-order valence-corrected chi connectivity index (χ3v) is 6.09. The zero-order valence-electron chi connectivity index (χ0n) is 16.5. The fourth-order valence-corrected chi connectivity index (χ4v) is 4.75. The fraction of sp³-hybridized carbons (Fsp3) is 0.842. The van der Waals surface area contributed by atoms with E-state index in [1.807, 2.05) is 18.7 Å². The maximum absolute atomic E-state index is 13.3. The van der Waals surface area contributed by atoms with Crippen molar-refractivity contribution in [3.63, 3.8) is 0 Å². The highest BCUT2D eigenvalue weighted by atomic mass is 16.5. The molecule has 3 rings (SSSR count). The Kier molecular flexibility index (Phi) is 5.93. The van der Waals surface area contributed by atoms with E-state index >= 15 is 0 Å². The minimum Gasteiger partial charge on any atom is -0.467 e. The minimum atomic E-state index is -0.789. The lowest BCUT2D eigenvalue weighted by Gasteiger charge is -2.35. The van der Waals surface area contributed by atoms with Crippen molar-refractivity contribution >= 4 is 17.9 Å². The number of esters is 1. The summed E-state index contributed by atoms with van der Waals surface area (Å²) in [7, 11) is 1.28. The maximum atomic E-state index is 13.3. The lowest BCUT2D eigenvalue weighted by atomic mass is 10.0. The number of aliphatic hydroxyl groups is 1. The second-order valence-electron chi connectivity index (χ2n) is 8.22. The summed E-state index contributed by atoms with van der Waals surface area (Å²) in [5.41, 5.74) is 0. The number of ether oxygens (including phenoxy) is 1. The molecular weight excluding hydrogens is 350 g/mol. The molecule has 0 aromatic rings. The van der Waals surface area contributed by atoms with Crippen LogP contribution >= 0.6 is 0 Å². The molecule has 1 N–H and O–H groups in total. The molecule has 0 spiro atoms. The van der Waals surface area contributed by atoms with Crippen LogP contribution in [0.4, 0.5) is 4.79 Å². The number of carbonyl (C=O) groups is 3. The number of hydrogen-bond donors (Lipinski definition) is 1. The number of aliphatic hydroxyl groups excluding tert-OH is 1. The van der Waals surface area contributed by atoms with E-state index in [1.54, 1.807) is 4.90 Å². The van der Waals surface area contributed by atoms with Gasteiger partial charge in [0.05, 0.1) is 13.2 Å². The van der Waals surface area contributed by atoms with E-state index in [2.05, 4.69) is 0 Å². The summed E-state index contributed by atoms with van der Waals surface area (Å²) in [6, 6.07) is -1.23. The number of hydrogen-bond acceptors (Lipinski definition) is 5. The average Bonchev–Trinajstić information content (AvgIpc) is 3.35. The average molecular weight is 381 g/mol. The maximum Gasteiger partial charge on any atom is 0.328 e. The number of carbonyl (C=O) groups excluding carboxylic acids is 3. The molecule has 3 aliphatic rings. The lowest BCUT2D eigenvalue weighted by Crippen LogP contribution is -2.55. The van der Waals surface area contributed by atoms with E-state index in [4.69, 9.17) is 4.74 Å². The van der Waals surface area contributed by atoms with Gasteiger partial charge < -0.3 is 24.5 Å². The molecule has 0 radical (unpaired) electrons. The lowest BCUT2D eigenvalue weighted by molar-refractivity contribution is -0.153. The molecule has 3 fully saturated rings. The SMILES string of the molecule is COC(=O)[C@@H]1C[C@H](O)CN1C(=O)[C@H](C(C)C)N1CCN(C2CCCC2)C1=O. The van der Waals surface area contributed by atoms with E-state index in [0.29, 0.717) is 13.1 Å². The fourth-order valence-electron chi connectivity index (χ4n) is 4.75. The molecule has 1 saturated carbocycles. The first-order valence-electron chi connectivity index (χ1n) is 9.98. The van der Waals surface area contributed by atoms with Crippen LogP contribution < -0.4 is 0 Å². The molecule has 2 aliphatic heterocycles. The Morgan fingerprint density at radius 2 is 1.85 bits per heavy atom. The van der Waals surface area contributed by atoms with Gasteiger partial charge in [-0.3, -0.25) is 4.79 Å². The summed E-state index contributed by atoms with van der Waals surface area (Å²) in [4.78, 5) is 43.4. The van der Waals surface area contributed by atoms with E-state index in [-0.39, 0.29) is 36.9 Å². The van der Waals surface area contributed by atoms with Crippen LogP contribution in [0.2, 0.25) is 0 Å². The molecule has 0 unspecified atom stereocenters. The van der Waals surface area contributed by atoms with Crippen LogP contribution in [0.1, 0.15) is 46.0 Å². The van der Waals surface area contributed by atoms with Crippen LogP contribution in [0.3, 0.4) is 0 Å². The zero-order chi connectivity index (χ0) is 19.7. The molecule has 3 amide bonds. The van der Waals surface area contributed by atoms with E-state index < -0.39 is 24.2 Å². The van der Waals surface area contributed by atoms with Crippen molar-refractivity contribution in [2.45, 2.75) is 70.2 Å². The minimum absolute atomic E-state index is 0.0803. The number of methoxy groups -OCH3 is 1. The summed E-state index contributed by atoms with van der Waals surface area (Å²) in [6.45, 7) is 5.07. The first kappa shape index (κ1) is 19.9. The molecule has 27 heavy (non-hydrogen) atoms. The Morgan fingerprint density at radius 3 is 2.44 bits per heavy atom. The standard InChI is InChI=1S/C19H31N3O5/c1-12(2)16(17(24)22-11-14(23)10-15(22)18(25)27-3)21-9-8-20(19(21)26)13-6-4-5-7-13/h12-16,23H,4-11H2,1-3H3/t14-,15-,16-/m0/s1. The van der Waals surface area contributed by atoms with Gasteiger partial charge in [0.2, 0.25) is 5.91 Å². The Labute approximate surface area is 160 Å². The highest BCUT2D eigenvalue weighted by molar-refractivity contribution is 5.91. The Hall–Kier alpha value is -1.83. The summed E-state index contributed by atoms with van der Waals surface area (Å²) in [5, 5.41) is 10.00. The number of likely N-dealkylation sites (tertiary alicyclic amines) is 1. The number of rotatable bonds is 5. The van der Waals surface area contributed by atoms with Crippen LogP contribution in [0.5, 0.6) is 0 Å². The van der Waals surface area contributed by atoms with Gasteiger partial charge >= 0.3 is 12.0 Å². The topological polar surface area (TPSA) is 90.4 Å². The molecule has 0 aromatic carbocycles. The first-order valence-corrected chi connectivity index (χ1v) is 9.98. The number of amides is 3. The molecular formula is C19H31N3O5. The van der Waals surface area contributed by atoms with Gasteiger partial charge in [-0.1, -0.05) is 26.7 Å². The first-order chi connectivity index (χ1) is 12.8. The van der Waals surface area contributed by atoms with Crippen molar-refractivity contribution in [3.8, 4) is 0 Å². The van der Waals surface area contributed by atoms with Gasteiger partial charge in [0.1, 0.15) is 12.1 Å². The van der Waals surface area contributed by atoms with Gasteiger partial charge in [0.25, 0.3) is 0 Å². The van der Waals surface area contributed by atoms with Crippen molar-refractivity contribution in [3.05, 3.63) is 0 Å². The predicted molar refractivity (Wildman–Crippen MR) is 97.8 cm³/mol. The summed E-state index contributed by atoms with van der Waals surface area (Å²) in [5.74, 6) is -0.901. The van der Waals surface area contributed by atoms with Crippen molar-refractivity contribution in [1.29, 1.82) is 0 Å². The van der Waals surface area contributed by atoms with Gasteiger partial charge in [0.15, 0.2) is 0 Å². The van der Waals surface area contributed by atoms with Crippen LogP contribution in [0.25, 0.3) is 0 Å². The molecule has 0 bridgehead atoms. The summed E-state index contributed by atoms with van der Waals surface area (Å²) in [6.07, 6.45) is 3.77. The molecule has 1 aliphatic carbocycles. The Bertz CT molecular complexity index is 590. The quantitative estimate of drug-likeness (QED) is 0.713. The molecule has 152 valence electrons. The van der Waals surface area contributed by atoms with Gasteiger partial charge in [-0.2, -0.15) is 0 Å². The van der Waals surface area contributed by atoms with Crippen LogP contribution in [-0.2, 0) is 14.3 Å². The highest BCUT2D eigenvalue weighted by Crippen LogP contribution is 2.30. The van der Waals surface area contributed by atoms with Crippen molar-refractivity contribution in [1.82, 2.24) is 14.7 Å². The van der Waals surface area contributed by atoms with Crippen molar-refractivity contribution in [2.75, 3.05) is 26.7 Å². The van der Waals surface area contributed by atoms with Gasteiger partial charge in [-0.25, -0.2) is 9.59 Å². The number of β-amino-alcohol motifs (C(OH)–C–C–N with tert-alkyl or cyclic N) is 1. The van der Waals surface area contributed by atoms with Gasteiger partial charge in [-0.05, 0) is 18.8 Å². The van der Waals surface area contributed by atoms with Gasteiger partial charge in [0, 0.05) is 32.1 Å². The molecule has 2 saturated heterocycles. The van der Waals surface area contributed by atoms with E-state index in [1.165, 1.54) is 12.0 Å². The Morgan fingerprint density at radius 1 is 1.19 bits per heavy atom. The molecule has 8 nitrogen and oxygen atoms in total. The summed E-state index contributed by atoms with van der Waals surface area (Å²) >= 11 is 0. The Balaban J connectivity index is 1.78. The molecule has 2 heterocycles. The van der Waals surface area contributed by atoms with Crippen LogP contribution in [0, 0.1) is 5.92 Å². The normalized spacial score (nSPS) is 27.7. The van der Waals surface area contributed by atoms with Crippen LogP contribution in [0.15, 0.2) is 0 Å². The smallest absolute Gasteiger partial charge is 0.328 e. The molecule has 3 atom stereocenters. The molecule has 8 heteroatoms. The van der Waals surface area contributed by atoms with Gasteiger partial charge in [-0.15, -0.1) is 0 Å². The molecule has 0 aromatic heterocycles. The monoisotopic (exact) mass is 381 g/mol. The third-order valence-electron chi connectivity index (χ3n) is 6.09.